The third-order valence-electron chi connectivity index (χ3n) is 2.40. The summed E-state index contributed by atoms with van der Waals surface area (Å²) in [5, 5.41) is 2.86. The summed E-state index contributed by atoms with van der Waals surface area (Å²) in [7, 11) is 1.65. The third kappa shape index (κ3) is 3.57. The summed E-state index contributed by atoms with van der Waals surface area (Å²) in [5.41, 5.74) is 2.08. The van der Waals surface area contributed by atoms with Gasteiger partial charge in [-0.3, -0.25) is 4.79 Å². The Labute approximate surface area is 96.8 Å². The van der Waals surface area contributed by atoms with Crippen molar-refractivity contribution in [1.29, 1.82) is 0 Å². The number of nitrogens with one attached hydrogen (secondary N) is 1. The SMILES string of the molecule is CCCNC(=O)Cc1ccc(OC)c(C)c1. The lowest BCUT2D eigenvalue weighted by Gasteiger charge is -2.07. The van der Waals surface area contributed by atoms with Crippen LogP contribution in [0.2, 0.25) is 0 Å². The number of carbonyl (C=O) groups excluding carboxylic acids is 1. The first-order chi connectivity index (χ1) is 7.67. The van der Waals surface area contributed by atoms with Crippen molar-refractivity contribution < 1.29 is 9.53 Å². The maximum absolute atomic E-state index is 11.5. The molecule has 0 bridgehead atoms. The van der Waals surface area contributed by atoms with Gasteiger partial charge in [0.15, 0.2) is 0 Å². The molecule has 1 aromatic rings. The number of amides is 1. The van der Waals surface area contributed by atoms with Crippen LogP contribution in [0.1, 0.15) is 24.5 Å². The first-order valence-corrected chi connectivity index (χ1v) is 5.57. The van der Waals surface area contributed by atoms with Gasteiger partial charge >= 0.3 is 0 Å². The number of carbonyl (C=O) groups is 1. The molecular weight excluding hydrogens is 202 g/mol. The van der Waals surface area contributed by atoms with Crippen molar-refractivity contribution in [3.05, 3.63) is 29.3 Å². The van der Waals surface area contributed by atoms with Crippen LogP contribution in [0.15, 0.2) is 18.2 Å². The van der Waals surface area contributed by atoms with Crippen molar-refractivity contribution in [3.63, 3.8) is 0 Å². The molecule has 0 saturated carbocycles. The average molecular weight is 221 g/mol. The first-order valence-electron chi connectivity index (χ1n) is 5.57. The van der Waals surface area contributed by atoms with E-state index in [4.69, 9.17) is 4.74 Å². The minimum absolute atomic E-state index is 0.0754. The first kappa shape index (κ1) is 12.6. The molecule has 3 heteroatoms. The molecular formula is C13H19NO2. The lowest BCUT2D eigenvalue weighted by molar-refractivity contribution is -0.120. The van der Waals surface area contributed by atoms with Gasteiger partial charge in [0.1, 0.15) is 5.75 Å². The van der Waals surface area contributed by atoms with Crippen LogP contribution in [0, 0.1) is 6.92 Å². The second-order valence-corrected chi connectivity index (χ2v) is 3.83. The topological polar surface area (TPSA) is 38.3 Å². The van der Waals surface area contributed by atoms with Crippen LogP contribution < -0.4 is 10.1 Å². The van der Waals surface area contributed by atoms with E-state index in [-0.39, 0.29) is 5.91 Å². The maximum Gasteiger partial charge on any atom is 0.224 e. The number of benzene rings is 1. The molecule has 1 N–H and O–H groups in total. The zero-order valence-electron chi connectivity index (χ0n) is 10.2. The van der Waals surface area contributed by atoms with E-state index in [1.165, 1.54) is 0 Å². The number of aryl methyl sites for hydroxylation is 1. The normalized spacial score (nSPS) is 9.94. The van der Waals surface area contributed by atoms with E-state index < -0.39 is 0 Å². The van der Waals surface area contributed by atoms with Gasteiger partial charge in [-0.25, -0.2) is 0 Å². The molecule has 1 aromatic carbocycles. The molecule has 3 nitrogen and oxygen atoms in total. The maximum atomic E-state index is 11.5. The number of ether oxygens (including phenoxy) is 1. The van der Waals surface area contributed by atoms with Gasteiger partial charge in [0.2, 0.25) is 5.91 Å². The Kier molecular flexibility index (Phi) is 4.83. The van der Waals surface area contributed by atoms with Crippen LogP contribution in [0.4, 0.5) is 0 Å². The number of hydrogen-bond donors (Lipinski definition) is 1. The monoisotopic (exact) mass is 221 g/mol. The second kappa shape index (κ2) is 6.16. The van der Waals surface area contributed by atoms with Crippen LogP contribution in [-0.2, 0) is 11.2 Å². The Morgan fingerprint density at radius 1 is 1.44 bits per heavy atom. The van der Waals surface area contributed by atoms with Crippen LogP contribution in [-0.4, -0.2) is 19.6 Å². The van der Waals surface area contributed by atoms with Crippen LogP contribution in [0.5, 0.6) is 5.75 Å². The molecule has 0 aliphatic rings. The Morgan fingerprint density at radius 2 is 2.19 bits per heavy atom. The molecule has 1 amide bonds. The molecule has 16 heavy (non-hydrogen) atoms. The van der Waals surface area contributed by atoms with Gasteiger partial charge in [0, 0.05) is 6.54 Å². The predicted molar refractivity (Wildman–Crippen MR) is 64.7 cm³/mol. The molecule has 0 aliphatic carbocycles. The summed E-state index contributed by atoms with van der Waals surface area (Å²) < 4.78 is 5.17. The number of methoxy groups -OCH3 is 1. The standard InChI is InChI=1S/C13H19NO2/c1-4-7-14-13(15)9-11-5-6-12(16-3)10(2)8-11/h5-6,8H,4,7,9H2,1-3H3,(H,14,15). The highest BCUT2D eigenvalue weighted by Gasteiger charge is 2.04. The van der Waals surface area contributed by atoms with Crippen molar-refractivity contribution >= 4 is 5.91 Å². The molecule has 0 radical (unpaired) electrons. The largest absolute Gasteiger partial charge is 0.496 e. The van der Waals surface area contributed by atoms with Gasteiger partial charge in [-0.2, -0.15) is 0 Å². The Balaban J connectivity index is 2.61. The average Bonchev–Trinajstić information content (AvgIpc) is 2.26. The smallest absolute Gasteiger partial charge is 0.224 e. The Morgan fingerprint density at radius 3 is 2.75 bits per heavy atom. The Bertz CT molecular complexity index is 361. The number of rotatable bonds is 5. The third-order valence-corrected chi connectivity index (χ3v) is 2.40. The van der Waals surface area contributed by atoms with Gasteiger partial charge in [-0.05, 0) is 30.5 Å². The lowest BCUT2D eigenvalue weighted by atomic mass is 10.1. The fourth-order valence-electron chi connectivity index (χ4n) is 1.56. The van der Waals surface area contributed by atoms with Crippen molar-refractivity contribution in [2.45, 2.75) is 26.7 Å². The molecule has 0 heterocycles. The molecule has 0 fully saturated rings. The van der Waals surface area contributed by atoms with E-state index in [2.05, 4.69) is 5.32 Å². The zero-order chi connectivity index (χ0) is 12.0. The van der Waals surface area contributed by atoms with Gasteiger partial charge < -0.3 is 10.1 Å². The highest BCUT2D eigenvalue weighted by Crippen LogP contribution is 2.18. The van der Waals surface area contributed by atoms with Crippen molar-refractivity contribution in [1.82, 2.24) is 5.32 Å². The van der Waals surface area contributed by atoms with Gasteiger partial charge in [-0.1, -0.05) is 19.1 Å². The zero-order valence-corrected chi connectivity index (χ0v) is 10.2. The summed E-state index contributed by atoms with van der Waals surface area (Å²) in [4.78, 5) is 11.5. The van der Waals surface area contributed by atoms with Crippen LogP contribution in [0.3, 0.4) is 0 Å². The molecule has 0 atom stereocenters. The van der Waals surface area contributed by atoms with E-state index in [0.717, 1.165) is 29.8 Å². The van der Waals surface area contributed by atoms with Crippen molar-refractivity contribution in [3.8, 4) is 5.75 Å². The molecule has 0 aliphatic heterocycles. The summed E-state index contributed by atoms with van der Waals surface area (Å²) in [6.45, 7) is 4.76. The molecule has 0 saturated heterocycles. The highest BCUT2D eigenvalue weighted by molar-refractivity contribution is 5.78. The predicted octanol–water partition coefficient (Wildman–Crippen LogP) is 2.07. The van der Waals surface area contributed by atoms with E-state index in [9.17, 15) is 4.79 Å². The summed E-state index contributed by atoms with van der Waals surface area (Å²) in [6, 6.07) is 5.82. The summed E-state index contributed by atoms with van der Waals surface area (Å²) >= 11 is 0. The van der Waals surface area contributed by atoms with Gasteiger partial charge in [0.05, 0.1) is 13.5 Å². The van der Waals surface area contributed by atoms with E-state index in [1.807, 2.05) is 32.0 Å². The van der Waals surface area contributed by atoms with E-state index >= 15 is 0 Å². The highest BCUT2D eigenvalue weighted by atomic mass is 16.5. The second-order valence-electron chi connectivity index (χ2n) is 3.83. The van der Waals surface area contributed by atoms with Crippen molar-refractivity contribution in [2.75, 3.05) is 13.7 Å². The fourth-order valence-corrected chi connectivity index (χ4v) is 1.56. The van der Waals surface area contributed by atoms with Crippen LogP contribution in [0.25, 0.3) is 0 Å². The van der Waals surface area contributed by atoms with Crippen molar-refractivity contribution in [2.24, 2.45) is 0 Å². The Hall–Kier alpha value is -1.51. The molecule has 0 unspecified atom stereocenters. The van der Waals surface area contributed by atoms with Gasteiger partial charge in [0.25, 0.3) is 0 Å². The molecule has 1 rings (SSSR count). The molecule has 88 valence electrons. The quantitative estimate of drug-likeness (QED) is 0.826. The van der Waals surface area contributed by atoms with E-state index in [0.29, 0.717) is 6.42 Å². The fraction of sp³-hybridized carbons (Fsp3) is 0.462. The number of hydrogen-bond acceptors (Lipinski definition) is 2. The summed E-state index contributed by atoms with van der Waals surface area (Å²) in [5.74, 6) is 0.934. The van der Waals surface area contributed by atoms with Gasteiger partial charge in [-0.15, -0.1) is 0 Å². The minimum atomic E-state index is 0.0754. The summed E-state index contributed by atoms with van der Waals surface area (Å²) in [6.07, 6.45) is 1.40. The van der Waals surface area contributed by atoms with E-state index in [1.54, 1.807) is 7.11 Å². The lowest BCUT2D eigenvalue weighted by Crippen LogP contribution is -2.25. The molecule has 0 spiro atoms. The molecule has 0 aromatic heterocycles. The minimum Gasteiger partial charge on any atom is -0.496 e. The van der Waals surface area contributed by atoms with Crippen LogP contribution >= 0.6 is 0 Å².